The number of aromatic nitrogens is 2. The van der Waals surface area contributed by atoms with E-state index in [0.717, 1.165) is 39.0 Å². The maximum Gasteiger partial charge on any atom is 0.163 e. The summed E-state index contributed by atoms with van der Waals surface area (Å²) in [4.78, 5) is 28.8. The lowest BCUT2D eigenvalue weighted by atomic mass is 10.1. The predicted molar refractivity (Wildman–Crippen MR) is 135 cm³/mol. The van der Waals surface area contributed by atoms with Crippen LogP contribution in [0.5, 0.6) is 5.75 Å². The smallest absolute Gasteiger partial charge is 0.163 e. The van der Waals surface area contributed by atoms with Gasteiger partial charge in [-0.1, -0.05) is 36.4 Å². The van der Waals surface area contributed by atoms with Crippen LogP contribution in [0.2, 0.25) is 0 Å². The number of pyridine rings is 1. The Morgan fingerprint density at radius 1 is 0.971 bits per heavy atom. The molecule has 0 saturated carbocycles. The quantitative estimate of drug-likeness (QED) is 0.242. The molecule has 0 fully saturated rings. The van der Waals surface area contributed by atoms with Gasteiger partial charge in [-0.05, 0) is 77.6 Å². The number of fused-ring (bicyclic) bond motifs is 1. The van der Waals surface area contributed by atoms with Gasteiger partial charge in [0.2, 0.25) is 0 Å². The normalized spacial score (nSPS) is 11.5. The number of allylic oxidation sites excluding steroid dienone is 2. The van der Waals surface area contributed by atoms with Crippen LogP contribution in [0.15, 0.2) is 85.2 Å². The summed E-state index contributed by atoms with van der Waals surface area (Å²) in [5, 5.41) is 1.15. The summed E-state index contributed by atoms with van der Waals surface area (Å²) in [6.45, 7) is 2.35. The topological polar surface area (TPSA) is 61.2 Å². The highest BCUT2D eigenvalue weighted by Gasteiger charge is 2.06. The number of ketones is 2. The first kappa shape index (κ1) is 22.9. The van der Waals surface area contributed by atoms with Gasteiger partial charge in [-0.15, -0.1) is 0 Å². The van der Waals surface area contributed by atoms with E-state index in [1.165, 1.54) is 12.2 Å². The molecule has 0 unspecified atom stereocenters. The summed E-state index contributed by atoms with van der Waals surface area (Å²) in [7, 11) is 1.98. The van der Waals surface area contributed by atoms with E-state index in [1.54, 1.807) is 18.3 Å². The third-order valence-corrected chi connectivity index (χ3v) is 5.53. The van der Waals surface area contributed by atoms with E-state index in [0.29, 0.717) is 6.61 Å². The zero-order valence-corrected chi connectivity index (χ0v) is 19.3. The molecule has 0 N–H and O–H groups in total. The molecule has 2 aromatic heterocycles. The first-order valence-electron chi connectivity index (χ1n) is 11.1. The molecule has 0 aliphatic carbocycles. The molecule has 0 aliphatic rings. The van der Waals surface area contributed by atoms with E-state index in [2.05, 4.69) is 4.98 Å². The first-order valence-corrected chi connectivity index (χ1v) is 11.1. The third kappa shape index (κ3) is 5.95. The molecule has 170 valence electrons. The van der Waals surface area contributed by atoms with E-state index in [4.69, 9.17) is 4.74 Å². The molecule has 0 bridgehead atoms. The molecule has 0 amide bonds. The van der Waals surface area contributed by atoms with Crippen molar-refractivity contribution in [3.05, 3.63) is 108 Å². The number of carbonyl (C=O) groups excluding carboxylic acids is 2. The SMILES string of the molecule is Cc1cc(OCc2ccccn2)ccc1/C=C/C(=O)CC(=O)/C=C/c1ccc2ccn(C)c2c1. The highest BCUT2D eigenvalue weighted by atomic mass is 16.5. The van der Waals surface area contributed by atoms with E-state index in [9.17, 15) is 9.59 Å². The number of hydrogen-bond acceptors (Lipinski definition) is 4. The summed E-state index contributed by atoms with van der Waals surface area (Å²) in [5.41, 5.74) is 4.75. The number of benzene rings is 2. The highest BCUT2D eigenvalue weighted by Crippen LogP contribution is 2.20. The van der Waals surface area contributed by atoms with Gasteiger partial charge in [-0.25, -0.2) is 0 Å². The Morgan fingerprint density at radius 3 is 2.56 bits per heavy atom. The van der Waals surface area contributed by atoms with E-state index >= 15 is 0 Å². The Labute approximate surface area is 199 Å². The van der Waals surface area contributed by atoms with E-state index in [1.807, 2.05) is 85.4 Å². The van der Waals surface area contributed by atoms with Crippen LogP contribution < -0.4 is 4.74 Å². The second kappa shape index (κ2) is 10.6. The lowest BCUT2D eigenvalue weighted by Gasteiger charge is -2.08. The summed E-state index contributed by atoms with van der Waals surface area (Å²) in [6.07, 6.45) is 9.98. The molecule has 0 atom stereocenters. The molecule has 4 aromatic rings. The maximum absolute atomic E-state index is 12.3. The fraction of sp³-hybridized carbons (Fsp3) is 0.138. The molecular formula is C29H26N2O3. The number of ether oxygens (including phenoxy) is 1. The standard InChI is InChI=1S/C29H26N2O3/c1-21-17-28(34-20-25-5-3-4-15-30-25)13-10-23(21)9-12-27(33)19-26(32)11-7-22-6-8-24-14-16-31(2)29(24)18-22/h3-18H,19-20H2,1-2H3/b11-7+,12-9+. The van der Waals surface area contributed by atoms with Crippen LogP contribution in [0.3, 0.4) is 0 Å². The lowest BCUT2D eigenvalue weighted by Crippen LogP contribution is -2.02. The van der Waals surface area contributed by atoms with Gasteiger partial charge in [-0.2, -0.15) is 0 Å². The van der Waals surface area contributed by atoms with Crippen LogP contribution in [-0.2, 0) is 23.2 Å². The molecule has 0 saturated heterocycles. The van der Waals surface area contributed by atoms with E-state index in [-0.39, 0.29) is 18.0 Å². The first-order chi connectivity index (χ1) is 16.5. The largest absolute Gasteiger partial charge is 0.487 e. The van der Waals surface area contributed by atoms with Gasteiger partial charge >= 0.3 is 0 Å². The number of nitrogens with zero attached hydrogens (tertiary/aromatic N) is 2. The fourth-order valence-corrected chi connectivity index (χ4v) is 3.61. The minimum absolute atomic E-state index is 0.163. The summed E-state index contributed by atoms with van der Waals surface area (Å²) >= 11 is 0. The van der Waals surface area contributed by atoms with Gasteiger partial charge in [-0.3, -0.25) is 14.6 Å². The van der Waals surface area contributed by atoms with Crippen LogP contribution >= 0.6 is 0 Å². The van der Waals surface area contributed by atoms with Gasteiger partial charge in [0.25, 0.3) is 0 Å². The fourth-order valence-electron chi connectivity index (χ4n) is 3.61. The van der Waals surface area contributed by atoms with Gasteiger partial charge < -0.3 is 9.30 Å². The van der Waals surface area contributed by atoms with Crippen molar-refractivity contribution in [2.75, 3.05) is 0 Å². The van der Waals surface area contributed by atoms with Crippen molar-refractivity contribution < 1.29 is 14.3 Å². The molecule has 5 heteroatoms. The van der Waals surface area contributed by atoms with Crippen LogP contribution in [0, 0.1) is 6.92 Å². The predicted octanol–water partition coefficient (Wildman–Crippen LogP) is 5.72. The zero-order valence-electron chi connectivity index (χ0n) is 19.3. The Hall–Kier alpha value is -4.25. The average molecular weight is 451 g/mol. The summed E-state index contributed by atoms with van der Waals surface area (Å²) < 4.78 is 7.82. The van der Waals surface area contributed by atoms with Gasteiger partial charge in [0.15, 0.2) is 11.6 Å². The summed E-state index contributed by atoms with van der Waals surface area (Å²) in [6, 6.07) is 19.4. The molecule has 0 aliphatic heterocycles. The van der Waals surface area contributed by atoms with Crippen molar-refractivity contribution in [2.24, 2.45) is 7.05 Å². The van der Waals surface area contributed by atoms with Crippen LogP contribution in [0.1, 0.15) is 28.8 Å². The molecule has 2 heterocycles. The Balaban J connectivity index is 1.31. The number of carbonyl (C=O) groups is 2. The lowest BCUT2D eigenvalue weighted by molar-refractivity contribution is -0.121. The summed E-state index contributed by atoms with van der Waals surface area (Å²) in [5.74, 6) is 0.277. The van der Waals surface area contributed by atoms with Crippen molar-refractivity contribution in [2.45, 2.75) is 20.0 Å². The molecule has 2 aromatic carbocycles. The van der Waals surface area contributed by atoms with Crippen molar-refractivity contribution >= 4 is 34.6 Å². The van der Waals surface area contributed by atoms with Crippen molar-refractivity contribution in [1.82, 2.24) is 9.55 Å². The molecule has 5 nitrogen and oxygen atoms in total. The van der Waals surface area contributed by atoms with E-state index < -0.39 is 0 Å². The molecule has 0 radical (unpaired) electrons. The van der Waals surface area contributed by atoms with Gasteiger partial charge in [0, 0.05) is 25.0 Å². The monoisotopic (exact) mass is 450 g/mol. The van der Waals surface area contributed by atoms with Crippen molar-refractivity contribution in [1.29, 1.82) is 0 Å². The van der Waals surface area contributed by atoms with Crippen LogP contribution in [0.4, 0.5) is 0 Å². The third-order valence-electron chi connectivity index (χ3n) is 5.53. The molecule has 4 rings (SSSR count). The Kier molecular flexibility index (Phi) is 7.13. The second-order valence-corrected chi connectivity index (χ2v) is 8.15. The zero-order chi connectivity index (χ0) is 23.9. The minimum atomic E-state index is -0.234. The van der Waals surface area contributed by atoms with Crippen LogP contribution in [0.25, 0.3) is 23.1 Å². The van der Waals surface area contributed by atoms with Gasteiger partial charge in [0.1, 0.15) is 12.4 Å². The molecular weight excluding hydrogens is 424 g/mol. The number of rotatable bonds is 9. The Bertz CT molecular complexity index is 1380. The molecule has 0 spiro atoms. The second-order valence-electron chi connectivity index (χ2n) is 8.15. The maximum atomic E-state index is 12.3. The van der Waals surface area contributed by atoms with Crippen molar-refractivity contribution in [3.8, 4) is 5.75 Å². The molecule has 34 heavy (non-hydrogen) atoms. The average Bonchev–Trinajstić information content (AvgIpc) is 3.21. The van der Waals surface area contributed by atoms with Crippen LogP contribution in [-0.4, -0.2) is 21.1 Å². The number of hydrogen-bond donors (Lipinski definition) is 0. The highest BCUT2D eigenvalue weighted by molar-refractivity contribution is 6.11. The minimum Gasteiger partial charge on any atom is -0.487 e. The Morgan fingerprint density at radius 2 is 1.79 bits per heavy atom. The number of aryl methyl sites for hydroxylation is 2. The van der Waals surface area contributed by atoms with Gasteiger partial charge in [0.05, 0.1) is 12.1 Å². The van der Waals surface area contributed by atoms with Crippen molar-refractivity contribution in [3.63, 3.8) is 0 Å².